The largest absolute Gasteiger partial charge is 0.351 e. The van der Waals surface area contributed by atoms with Crippen LogP contribution in [0.15, 0.2) is 41.3 Å². The lowest BCUT2D eigenvalue weighted by molar-refractivity contribution is 0.723. The van der Waals surface area contributed by atoms with Crippen LogP contribution in [0.5, 0.6) is 0 Å². The summed E-state index contributed by atoms with van der Waals surface area (Å²) in [6.45, 7) is 4.36. The third kappa shape index (κ3) is 4.02. The van der Waals surface area contributed by atoms with Gasteiger partial charge in [0.2, 0.25) is 0 Å². The molecular weight excluding hydrogens is 316 g/mol. The van der Waals surface area contributed by atoms with Crippen LogP contribution in [0.1, 0.15) is 17.5 Å². The second kappa shape index (κ2) is 7.36. The van der Waals surface area contributed by atoms with Gasteiger partial charge in [0.1, 0.15) is 5.82 Å². The maximum absolute atomic E-state index is 5.64. The van der Waals surface area contributed by atoms with Gasteiger partial charge in [-0.25, -0.2) is 4.98 Å². The number of aromatic nitrogens is 2. The van der Waals surface area contributed by atoms with Gasteiger partial charge in [-0.15, -0.1) is 0 Å². The summed E-state index contributed by atoms with van der Waals surface area (Å²) >= 11 is 3.60. The van der Waals surface area contributed by atoms with Crippen LogP contribution in [0.3, 0.4) is 0 Å². The van der Waals surface area contributed by atoms with Gasteiger partial charge in [0.15, 0.2) is 0 Å². The highest BCUT2D eigenvalue weighted by molar-refractivity contribution is 9.10. The highest BCUT2D eigenvalue weighted by atomic mass is 79.9. The number of hydrogen-bond donors (Lipinski definition) is 1. The zero-order chi connectivity index (χ0) is 14.4. The summed E-state index contributed by atoms with van der Waals surface area (Å²) in [7, 11) is 0. The molecule has 2 aromatic heterocycles. The second-order valence-corrected chi connectivity index (χ2v) is 5.60. The molecule has 5 heteroatoms. The standard InChI is InChI=1S/C15H19BrN4/c1-12-8-14(16)15(19-9-12)20(7-3-5-17)11-13-4-2-6-18-10-13/h2,4,6,8-10H,3,5,7,11,17H2,1H3. The minimum atomic E-state index is 0.674. The van der Waals surface area contributed by atoms with Gasteiger partial charge < -0.3 is 10.6 Å². The average molecular weight is 335 g/mol. The number of hydrogen-bond acceptors (Lipinski definition) is 4. The molecule has 2 rings (SSSR count). The van der Waals surface area contributed by atoms with Gasteiger partial charge in [-0.3, -0.25) is 4.98 Å². The van der Waals surface area contributed by atoms with E-state index < -0.39 is 0 Å². The molecule has 2 N–H and O–H groups in total. The zero-order valence-corrected chi connectivity index (χ0v) is 13.2. The molecule has 106 valence electrons. The van der Waals surface area contributed by atoms with Crippen LogP contribution in [-0.4, -0.2) is 23.1 Å². The lowest BCUT2D eigenvalue weighted by atomic mass is 10.2. The average Bonchev–Trinajstić information content (AvgIpc) is 2.45. The van der Waals surface area contributed by atoms with Crippen molar-refractivity contribution in [1.82, 2.24) is 9.97 Å². The molecule has 0 spiro atoms. The van der Waals surface area contributed by atoms with Gasteiger partial charge in [-0.2, -0.15) is 0 Å². The molecule has 20 heavy (non-hydrogen) atoms. The first-order valence-corrected chi connectivity index (χ1v) is 7.46. The molecule has 0 radical (unpaired) electrons. The molecule has 0 aliphatic heterocycles. The van der Waals surface area contributed by atoms with Gasteiger partial charge in [-0.1, -0.05) is 6.07 Å². The Morgan fingerprint density at radius 3 is 2.85 bits per heavy atom. The molecule has 0 saturated heterocycles. The quantitative estimate of drug-likeness (QED) is 0.882. The Morgan fingerprint density at radius 1 is 1.35 bits per heavy atom. The zero-order valence-electron chi connectivity index (χ0n) is 11.6. The smallest absolute Gasteiger partial charge is 0.143 e. The fourth-order valence-electron chi connectivity index (χ4n) is 2.01. The van der Waals surface area contributed by atoms with E-state index in [1.807, 2.05) is 25.4 Å². The third-order valence-electron chi connectivity index (χ3n) is 2.99. The molecule has 0 aromatic carbocycles. The lowest BCUT2D eigenvalue weighted by Crippen LogP contribution is -2.27. The molecule has 0 fully saturated rings. The van der Waals surface area contributed by atoms with E-state index >= 15 is 0 Å². The molecule has 0 aliphatic rings. The van der Waals surface area contributed by atoms with Crippen molar-refractivity contribution in [3.63, 3.8) is 0 Å². The third-order valence-corrected chi connectivity index (χ3v) is 3.57. The molecule has 0 saturated carbocycles. The summed E-state index contributed by atoms with van der Waals surface area (Å²) in [5.41, 5.74) is 7.94. The first kappa shape index (κ1) is 14.9. The monoisotopic (exact) mass is 334 g/mol. The van der Waals surface area contributed by atoms with Crippen molar-refractivity contribution in [2.24, 2.45) is 5.73 Å². The molecular formula is C15H19BrN4. The second-order valence-electron chi connectivity index (χ2n) is 4.74. The van der Waals surface area contributed by atoms with E-state index in [1.54, 1.807) is 6.20 Å². The number of halogens is 1. The van der Waals surface area contributed by atoms with E-state index in [0.29, 0.717) is 6.54 Å². The van der Waals surface area contributed by atoms with Crippen LogP contribution in [0.2, 0.25) is 0 Å². The summed E-state index contributed by atoms with van der Waals surface area (Å²) in [5.74, 6) is 0.952. The molecule has 2 aromatic rings. The van der Waals surface area contributed by atoms with Gasteiger partial charge in [0, 0.05) is 31.7 Å². The Bertz CT molecular complexity index is 545. The Balaban J connectivity index is 2.22. The van der Waals surface area contributed by atoms with Crippen molar-refractivity contribution in [2.45, 2.75) is 19.9 Å². The van der Waals surface area contributed by atoms with E-state index in [0.717, 1.165) is 35.4 Å². The van der Waals surface area contributed by atoms with Crippen molar-refractivity contribution < 1.29 is 0 Å². The molecule has 0 atom stereocenters. The number of aryl methyl sites for hydroxylation is 1. The first-order chi connectivity index (χ1) is 9.70. The molecule has 4 nitrogen and oxygen atoms in total. The molecule has 0 amide bonds. The maximum Gasteiger partial charge on any atom is 0.143 e. The summed E-state index contributed by atoms with van der Waals surface area (Å²) in [4.78, 5) is 10.9. The summed E-state index contributed by atoms with van der Waals surface area (Å²) in [6.07, 6.45) is 6.49. The van der Waals surface area contributed by atoms with Crippen molar-refractivity contribution in [1.29, 1.82) is 0 Å². The number of nitrogens with zero attached hydrogens (tertiary/aromatic N) is 3. The van der Waals surface area contributed by atoms with Gasteiger partial charge in [-0.05, 0) is 59.1 Å². The molecule has 0 unspecified atom stereocenters. The lowest BCUT2D eigenvalue weighted by Gasteiger charge is -2.24. The van der Waals surface area contributed by atoms with E-state index in [4.69, 9.17) is 5.73 Å². The minimum absolute atomic E-state index is 0.674. The van der Waals surface area contributed by atoms with E-state index in [9.17, 15) is 0 Å². The van der Waals surface area contributed by atoms with Gasteiger partial charge in [0.05, 0.1) is 4.47 Å². The summed E-state index contributed by atoms with van der Waals surface area (Å²) < 4.78 is 1.01. The maximum atomic E-state index is 5.64. The first-order valence-electron chi connectivity index (χ1n) is 6.67. The van der Waals surface area contributed by atoms with Crippen LogP contribution in [0.25, 0.3) is 0 Å². The van der Waals surface area contributed by atoms with Crippen molar-refractivity contribution >= 4 is 21.7 Å². The SMILES string of the molecule is Cc1cnc(N(CCCN)Cc2cccnc2)c(Br)c1. The van der Waals surface area contributed by atoms with E-state index in [2.05, 4.69) is 42.9 Å². The van der Waals surface area contributed by atoms with Crippen molar-refractivity contribution in [3.8, 4) is 0 Å². The fourth-order valence-corrected chi connectivity index (χ4v) is 2.73. The highest BCUT2D eigenvalue weighted by Gasteiger charge is 2.12. The van der Waals surface area contributed by atoms with Crippen LogP contribution in [0, 0.1) is 6.92 Å². The number of pyridine rings is 2. The van der Waals surface area contributed by atoms with Crippen molar-refractivity contribution in [3.05, 3.63) is 52.4 Å². The van der Waals surface area contributed by atoms with E-state index in [1.165, 1.54) is 5.56 Å². The Labute approximate surface area is 128 Å². The van der Waals surface area contributed by atoms with Gasteiger partial charge >= 0.3 is 0 Å². The van der Waals surface area contributed by atoms with E-state index in [-0.39, 0.29) is 0 Å². The van der Waals surface area contributed by atoms with Crippen LogP contribution < -0.4 is 10.6 Å². The number of nitrogens with two attached hydrogens (primary N) is 1. The Hall–Kier alpha value is -1.46. The number of anilines is 1. The normalized spacial score (nSPS) is 10.6. The summed E-state index contributed by atoms with van der Waals surface area (Å²) in [5, 5.41) is 0. The predicted octanol–water partition coefficient (Wildman–Crippen LogP) is 2.90. The fraction of sp³-hybridized carbons (Fsp3) is 0.333. The Kier molecular flexibility index (Phi) is 5.49. The Morgan fingerprint density at radius 2 is 2.20 bits per heavy atom. The number of rotatable bonds is 6. The topological polar surface area (TPSA) is 55.0 Å². The van der Waals surface area contributed by atoms with Crippen LogP contribution in [0.4, 0.5) is 5.82 Å². The minimum Gasteiger partial charge on any atom is -0.351 e. The summed E-state index contributed by atoms with van der Waals surface area (Å²) in [6, 6.07) is 6.11. The highest BCUT2D eigenvalue weighted by Crippen LogP contribution is 2.25. The van der Waals surface area contributed by atoms with Gasteiger partial charge in [0.25, 0.3) is 0 Å². The van der Waals surface area contributed by atoms with Crippen molar-refractivity contribution in [2.75, 3.05) is 18.0 Å². The van der Waals surface area contributed by atoms with Crippen LogP contribution in [-0.2, 0) is 6.54 Å². The molecule has 0 bridgehead atoms. The predicted molar refractivity (Wildman–Crippen MR) is 85.6 cm³/mol. The molecule has 2 heterocycles. The van der Waals surface area contributed by atoms with Crippen LogP contribution >= 0.6 is 15.9 Å². The molecule has 0 aliphatic carbocycles.